The van der Waals surface area contributed by atoms with E-state index >= 15 is 0 Å². The molecule has 1 rings (SSSR count). The van der Waals surface area contributed by atoms with Crippen LogP contribution < -0.4 is 8.85 Å². The molecule has 0 saturated carbocycles. The Hall–Kier alpha value is 1.57. The van der Waals surface area contributed by atoms with Crippen molar-refractivity contribution in [3.63, 3.8) is 0 Å². The Kier molecular flexibility index (Phi) is 37.7. The molecule has 0 atom stereocenters. The van der Waals surface area contributed by atoms with Crippen molar-refractivity contribution in [3.8, 4) is 11.5 Å². The van der Waals surface area contributed by atoms with Gasteiger partial charge in [-0.3, -0.25) is 0 Å². The first-order valence-electron chi connectivity index (χ1n) is 34.1. The van der Waals surface area contributed by atoms with Crippen LogP contribution in [0.15, 0.2) is 18.2 Å². The predicted octanol–water partition coefficient (Wildman–Crippen LogP) is 18.2. The summed E-state index contributed by atoms with van der Waals surface area (Å²) in [5.41, 5.74) is 1.02. The van der Waals surface area contributed by atoms with E-state index in [1.165, 1.54) is 38.5 Å². The zero-order valence-corrected chi connectivity index (χ0v) is 81.7. The minimum atomic E-state index is -2.96. The Balaban J connectivity index is 3.00. The Labute approximate surface area is 586 Å². The highest BCUT2D eigenvalue weighted by Gasteiger charge is 2.53. The van der Waals surface area contributed by atoms with Gasteiger partial charge in [0.25, 0.3) is 0 Å². The minimum absolute atomic E-state index is 0.583. The molecule has 0 saturated heterocycles. The van der Waals surface area contributed by atoms with Gasteiger partial charge in [0.15, 0.2) is 0 Å². The monoisotopic (exact) mass is 1590 g/mol. The lowest BCUT2D eigenvalue weighted by Gasteiger charge is -2.44. The largest absolute Gasteiger partial charge is 0.518 e. The number of rotatable bonds is 52. The summed E-state index contributed by atoms with van der Waals surface area (Å²) in [6.07, 6.45) is 13.9. The van der Waals surface area contributed by atoms with Gasteiger partial charge in [0.2, 0.25) is 0 Å². The lowest BCUT2D eigenvalue weighted by atomic mass is 10.1. The molecule has 1 aromatic carbocycles. The fourth-order valence-electron chi connectivity index (χ4n) is 12.7. The highest BCUT2D eigenvalue weighted by atomic mass is 28.5. The number of hydrogen-bond acceptors (Lipinski definition) is 20. The van der Waals surface area contributed by atoms with Crippen molar-refractivity contribution in [1.29, 1.82) is 0 Å². The van der Waals surface area contributed by atoms with Gasteiger partial charge in [-0.05, 0) is 260 Å². The summed E-state index contributed by atoms with van der Waals surface area (Å²) in [4.78, 5) is 0. The summed E-state index contributed by atoms with van der Waals surface area (Å²) < 4.78 is 134. The highest BCUT2D eigenvalue weighted by Crippen LogP contribution is 2.37. The number of hydrogen-bond donors (Lipinski definition) is 0. The SMILES string of the molecule is COCCCCCCCCO[Si](C)(C)O[Si](C)(C)O[Si](C)(C)O[Si](C)(C)O[Si](C)(C)O[Si](C)(C)O[Si](C)(C)O[Si](C)(C)Oc1ccc(C)cc1O[Si](C)(C)O[Si](C)(C)O[Si](C)(C)O[Si](C)(C)O[Si](C)(C)O[Si](C)(C)O[Si](C)(C)O[Si](C)(C)OCCCCCCCCOC. The van der Waals surface area contributed by atoms with Crippen LogP contribution in [0.3, 0.4) is 0 Å². The average Bonchev–Trinajstić information content (AvgIpc) is 0.815. The normalized spacial score (nSPS) is 14.8. The van der Waals surface area contributed by atoms with Crippen molar-refractivity contribution >= 4 is 137 Å². The minimum Gasteiger partial charge on any atom is -0.518 e. The van der Waals surface area contributed by atoms with Crippen LogP contribution >= 0.6 is 0 Å². The molecule has 0 spiro atoms. The van der Waals surface area contributed by atoms with Crippen molar-refractivity contribution in [3.05, 3.63) is 23.8 Å². The quantitative estimate of drug-likeness (QED) is 0.0443. The lowest BCUT2D eigenvalue weighted by molar-refractivity contribution is 0.191. The van der Waals surface area contributed by atoms with E-state index in [2.05, 4.69) is 183 Å². The van der Waals surface area contributed by atoms with Crippen LogP contribution in [0.1, 0.15) is 82.6 Å². The summed E-state index contributed by atoms with van der Waals surface area (Å²) in [7, 11) is -40.9. The van der Waals surface area contributed by atoms with E-state index in [-0.39, 0.29) is 0 Å². The van der Waals surface area contributed by atoms with Gasteiger partial charge in [-0.25, -0.2) is 0 Å². The molecule has 0 unspecified atom stereocenters. The van der Waals surface area contributed by atoms with Crippen molar-refractivity contribution in [2.45, 2.75) is 293 Å². The summed E-state index contributed by atoms with van der Waals surface area (Å²) in [6, 6.07) is 5.97. The number of unbranched alkanes of at least 4 members (excludes halogenated alkanes) is 10. The summed E-state index contributed by atoms with van der Waals surface area (Å²) in [5, 5.41) is 0. The molecule has 552 valence electrons. The molecule has 0 radical (unpaired) electrons. The van der Waals surface area contributed by atoms with Gasteiger partial charge in [0.1, 0.15) is 11.5 Å². The van der Waals surface area contributed by atoms with E-state index in [0.717, 1.165) is 57.3 Å². The third kappa shape index (κ3) is 44.6. The van der Waals surface area contributed by atoms with Gasteiger partial charge >= 0.3 is 137 Å². The maximum Gasteiger partial charge on any atom is 0.383 e. The van der Waals surface area contributed by atoms with Crippen LogP contribution in [0, 0.1) is 6.92 Å². The van der Waals surface area contributed by atoms with Crippen LogP contribution in [0.4, 0.5) is 0 Å². The van der Waals surface area contributed by atoms with E-state index in [4.69, 9.17) is 84.8 Å². The van der Waals surface area contributed by atoms with Gasteiger partial charge in [-0.15, -0.1) is 0 Å². The smallest absolute Gasteiger partial charge is 0.383 e. The molecule has 1 aromatic rings. The molecule has 0 aliphatic carbocycles. The van der Waals surface area contributed by atoms with Gasteiger partial charge in [-0.2, -0.15) is 0 Å². The van der Waals surface area contributed by atoms with Crippen LogP contribution in [-0.2, 0) is 75.9 Å². The van der Waals surface area contributed by atoms with Gasteiger partial charge < -0.3 is 84.8 Å². The summed E-state index contributed by atoms with van der Waals surface area (Å²) in [5.74, 6) is 1.18. The van der Waals surface area contributed by atoms with E-state index in [1.807, 2.05) is 51.3 Å². The van der Waals surface area contributed by atoms with E-state index < -0.39 is 137 Å². The summed E-state index contributed by atoms with van der Waals surface area (Å²) >= 11 is 0. The molecule has 20 nitrogen and oxygen atoms in total. The molecule has 0 fully saturated rings. The molecular weight excluding hydrogens is 1450 g/mol. The highest BCUT2D eigenvalue weighted by molar-refractivity contribution is 6.94. The van der Waals surface area contributed by atoms with Gasteiger partial charge in [0, 0.05) is 40.6 Å². The third-order valence-corrected chi connectivity index (χ3v) is 71.4. The molecule has 0 amide bonds. The van der Waals surface area contributed by atoms with E-state index in [9.17, 15) is 0 Å². The van der Waals surface area contributed by atoms with Crippen LogP contribution in [0.25, 0.3) is 0 Å². The van der Waals surface area contributed by atoms with E-state index in [0.29, 0.717) is 24.7 Å². The predicted molar refractivity (Wildman–Crippen MR) is 418 cm³/mol. The number of ether oxygens (including phenoxy) is 2. The van der Waals surface area contributed by atoms with Gasteiger partial charge in [-0.1, -0.05) is 57.4 Å². The van der Waals surface area contributed by atoms with Crippen LogP contribution in [0.5, 0.6) is 11.5 Å². The topological polar surface area (TPSA) is 185 Å². The Morgan fingerprint density at radius 2 is 0.398 bits per heavy atom. The zero-order valence-electron chi connectivity index (χ0n) is 65.7. The van der Waals surface area contributed by atoms with E-state index in [1.54, 1.807) is 14.2 Å². The second-order valence-electron chi connectivity index (χ2n) is 31.9. The molecule has 0 aromatic heterocycles. The van der Waals surface area contributed by atoms with Gasteiger partial charge in [0.05, 0.1) is 0 Å². The molecule has 0 aliphatic heterocycles. The molecule has 93 heavy (non-hydrogen) atoms. The maximum absolute atomic E-state index is 6.99. The molecular formula is C57H140O20Si16. The molecule has 0 N–H and O–H groups in total. The van der Waals surface area contributed by atoms with Crippen LogP contribution in [0.2, 0.25) is 210 Å². The Morgan fingerprint density at radius 3 is 0.624 bits per heavy atom. The zero-order chi connectivity index (χ0) is 72.3. The molecule has 0 aliphatic rings. The first-order chi connectivity index (χ1) is 41.6. The Bertz CT molecular complexity index is 2330. The lowest BCUT2D eigenvalue weighted by Crippen LogP contribution is -2.62. The number of benzene rings is 1. The fraction of sp³-hybridized carbons (Fsp3) is 0.895. The number of methoxy groups -OCH3 is 2. The average molecular weight is 1600 g/mol. The maximum atomic E-state index is 6.99. The summed E-state index contributed by atoms with van der Waals surface area (Å²) in [6.45, 7) is 71.4. The van der Waals surface area contributed by atoms with Crippen molar-refractivity contribution in [1.82, 2.24) is 0 Å². The second-order valence-corrected chi connectivity index (χ2v) is 89.1. The third-order valence-electron chi connectivity index (χ3n) is 13.1. The van der Waals surface area contributed by atoms with Crippen LogP contribution in [-0.4, -0.2) is 178 Å². The Morgan fingerprint density at radius 1 is 0.215 bits per heavy atom. The standard InChI is InChI=1S/C57H140O20Si16/c1-55-48-49-56(62-80(8,9)66-84(16,17)70-88(24,25)74-92(32,33)76-90(28,29)72-86(20,21)68-82(12,13)64-78(4,5)60-52-46-42-38-36-40-44-50-58-2)57(54-55)63-81(10,11)67-85(18,19)71-89(26,27)75-93(34,35)77-91(30,31)73-87(22,23)69-83(14,15)65-79(6,7)61-53-47-43-39-37-41-45-51-59-3/h48-49,54H,36-47,50-53H2,1-35H3. The second kappa shape index (κ2) is 37.8. The van der Waals surface area contributed by atoms with Crippen molar-refractivity contribution in [2.24, 2.45) is 0 Å². The fourth-order valence-corrected chi connectivity index (χ4v) is 89.0. The molecule has 36 heteroatoms. The first kappa shape index (κ1) is 92.6. The number of aryl methyl sites for hydroxylation is 1. The van der Waals surface area contributed by atoms with Crippen molar-refractivity contribution < 1.29 is 84.8 Å². The van der Waals surface area contributed by atoms with Crippen molar-refractivity contribution in [2.75, 3.05) is 40.6 Å². The first-order valence-corrected chi connectivity index (χ1v) is 79.2. The molecule has 0 bridgehead atoms. The molecule has 0 heterocycles.